The molecule has 0 fully saturated rings. The van der Waals surface area contributed by atoms with Gasteiger partial charge in [0.2, 0.25) is 0 Å². The summed E-state index contributed by atoms with van der Waals surface area (Å²) in [7, 11) is 0. The van der Waals surface area contributed by atoms with Gasteiger partial charge in [0.15, 0.2) is 0 Å². The largest absolute Gasteiger partial charge is 0.372 e. The molecule has 0 aliphatic carbocycles. The minimum absolute atomic E-state index is 0.700. The minimum atomic E-state index is 0.700. The molecular formula is C33H30N2S. The van der Waals surface area contributed by atoms with Gasteiger partial charge in [0.25, 0.3) is 0 Å². The van der Waals surface area contributed by atoms with Crippen molar-refractivity contribution in [2.75, 3.05) is 0 Å². The second kappa shape index (κ2) is 11.2. The lowest BCUT2D eigenvalue weighted by atomic mass is 9.97. The summed E-state index contributed by atoms with van der Waals surface area (Å²) in [6.07, 6.45) is 0.833. The van der Waals surface area contributed by atoms with Crippen LogP contribution in [0.15, 0.2) is 121 Å². The molecule has 36 heavy (non-hydrogen) atoms. The molecule has 0 unspecified atom stereocenters. The van der Waals surface area contributed by atoms with Crippen LogP contribution in [0.2, 0.25) is 0 Å². The molecule has 0 aliphatic heterocycles. The molecule has 0 radical (unpaired) electrons. The maximum atomic E-state index is 6.07. The van der Waals surface area contributed by atoms with Crippen LogP contribution in [0.25, 0.3) is 11.1 Å². The van der Waals surface area contributed by atoms with Gasteiger partial charge in [-0.1, -0.05) is 134 Å². The molecule has 0 amide bonds. The SMILES string of the molecule is Cc1c(C(=S)NCc2ccccc2)c(-c2ccccc2)c(Cc2ccccc2)n1Cc1ccccc1. The molecule has 1 aromatic heterocycles. The fourth-order valence-corrected chi connectivity index (χ4v) is 5.13. The van der Waals surface area contributed by atoms with E-state index in [0.29, 0.717) is 6.54 Å². The van der Waals surface area contributed by atoms with Crippen molar-refractivity contribution in [3.63, 3.8) is 0 Å². The van der Waals surface area contributed by atoms with Gasteiger partial charge >= 0.3 is 0 Å². The Hall–Kier alpha value is -3.95. The van der Waals surface area contributed by atoms with Crippen LogP contribution < -0.4 is 5.32 Å². The topological polar surface area (TPSA) is 17.0 Å². The maximum absolute atomic E-state index is 6.07. The summed E-state index contributed by atoms with van der Waals surface area (Å²) in [5.41, 5.74) is 9.79. The lowest BCUT2D eigenvalue weighted by Crippen LogP contribution is -2.23. The molecule has 5 aromatic rings. The van der Waals surface area contributed by atoms with Crippen LogP contribution in [0.5, 0.6) is 0 Å². The van der Waals surface area contributed by atoms with Crippen molar-refractivity contribution in [3.05, 3.63) is 155 Å². The Morgan fingerprint density at radius 3 is 1.75 bits per heavy atom. The van der Waals surface area contributed by atoms with Gasteiger partial charge in [0, 0.05) is 42.0 Å². The van der Waals surface area contributed by atoms with E-state index >= 15 is 0 Å². The predicted molar refractivity (Wildman–Crippen MR) is 154 cm³/mol. The van der Waals surface area contributed by atoms with Gasteiger partial charge in [0.1, 0.15) is 4.99 Å². The summed E-state index contributed by atoms with van der Waals surface area (Å²) in [4.78, 5) is 0.788. The van der Waals surface area contributed by atoms with E-state index in [1.54, 1.807) is 0 Å². The van der Waals surface area contributed by atoms with Crippen molar-refractivity contribution in [3.8, 4) is 11.1 Å². The van der Waals surface area contributed by atoms with Gasteiger partial charge in [-0.25, -0.2) is 0 Å². The average Bonchev–Trinajstić information content (AvgIpc) is 3.20. The molecule has 178 valence electrons. The highest BCUT2D eigenvalue weighted by Gasteiger charge is 2.24. The summed E-state index contributed by atoms with van der Waals surface area (Å²) >= 11 is 6.07. The Kier molecular flexibility index (Phi) is 7.39. The quantitative estimate of drug-likeness (QED) is 0.228. The summed E-state index contributed by atoms with van der Waals surface area (Å²) < 4.78 is 2.45. The van der Waals surface area contributed by atoms with Gasteiger partial charge in [-0.05, 0) is 29.2 Å². The number of hydrogen-bond acceptors (Lipinski definition) is 1. The van der Waals surface area contributed by atoms with Crippen LogP contribution in [0.3, 0.4) is 0 Å². The number of thiocarbonyl (C=S) groups is 1. The van der Waals surface area contributed by atoms with Crippen molar-refractivity contribution in [2.45, 2.75) is 26.4 Å². The second-order valence-corrected chi connectivity index (χ2v) is 9.46. The average molecular weight is 487 g/mol. The van der Waals surface area contributed by atoms with E-state index < -0.39 is 0 Å². The first-order valence-electron chi connectivity index (χ1n) is 12.4. The van der Waals surface area contributed by atoms with Crippen LogP contribution in [0.4, 0.5) is 0 Å². The number of nitrogens with one attached hydrogen (secondary N) is 1. The first kappa shape index (κ1) is 23.8. The van der Waals surface area contributed by atoms with Gasteiger partial charge in [-0.3, -0.25) is 0 Å². The van der Waals surface area contributed by atoms with E-state index in [2.05, 4.69) is 132 Å². The van der Waals surface area contributed by atoms with Crippen LogP contribution in [-0.2, 0) is 19.5 Å². The molecule has 0 spiro atoms. The highest BCUT2D eigenvalue weighted by atomic mass is 32.1. The Labute approximate surface area is 219 Å². The Bertz CT molecular complexity index is 1420. The second-order valence-electron chi connectivity index (χ2n) is 9.05. The van der Waals surface area contributed by atoms with Crippen LogP contribution in [-0.4, -0.2) is 9.56 Å². The van der Waals surface area contributed by atoms with Crippen molar-refractivity contribution < 1.29 is 0 Å². The highest BCUT2D eigenvalue weighted by molar-refractivity contribution is 7.80. The molecule has 0 atom stereocenters. The lowest BCUT2D eigenvalue weighted by Gasteiger charge is -2.14. The zero-order valence-electron chi connectivity index (χ0n) is 20.5. The van der Waals surface area contributed by atoms with E-state index in [1.165, 1.54) is 39.2 Å². The zero-order chi connectivity index (χ0) is 24.7. The molecule has 3 heteroatoms. The van der Waals surface area contributed by atoms with Crippen LogP contribution in [0.1, 0.15) is 33.6 Å². The summed E-state index contributed by atoms with van der Waals surface area (Å²) in [6.45, 7) is 3.71. The van der Waals surface area contributed by atoms with Gasteiger partial charge in [-0.2, -0.15) is 0 Å². The molecule has 1 heterocycles. The number of hydrogen-bond donors (Lipinski definition) is 1. The van der Waals surface area contributed by atoms with E-state index in [9.17, 15) is 0 Å². The smallest absolute Gasteiger partial charge is 0.109 e. The fraction of sp³-hybridized carbons (Fsp3) is 0.121. The number of nitrogens with zero attached hydrogens (tertiary/aromatic N) is 1. The first-order chi connectivity index (χ1) is 17.7. The van der Waals surface area contributed by atoms with Crippen molar-refractivity contribution in [2.24, 2.45) is 0 Å². The molecule has 5 rings (SSSR count). The number of benzene rings is 4. The highest BCUT2D eigenvalue weighted by Crippen LogP contribution is 2.35. The molecule has 4 aromatic carbocycles. The molecule has 0 saturated heterocycles. The van der Waals surface area contributed by atoms with E-state index in [4.69, 9.17) is 12.2 Å². The molecular weight excluding hydrogens is 456 g/mol. The molecule has 0 bridgehead atoms. The predicted octanol–water partition coefficient (Wildman–Crippen LogP) is 7.57. The molecule has 2 nitrogen and oxygen atoms in total. The van der Waals surface area contributed by atoms with Crippen molar-refractivity contribution >= 4 is 17.2 Å². The van der Waals surface area contributed by atoms with E-state index in [-0.39, 0.29) is 0 Å². The summed E-state index contributed by atoms with van der Waals surface area (Å²) in [5, 5.41) is 3.55. The third-order valence-corrected chi connectivity index (χ3v) is 6.96. The van der Waals surface area contributed by atoms with Gasteiger partial charge in [-0.15, -0.1) is 0 Å². The van der Waals surface area contributed by atoms with Crippen molar-refractivity contribution in [1.29, 1.82) is 0 Å². The van der Waals surface area contributed by atoms with Crippen LogP contribution in [0, 0.1) is 6.92 Å². The van der Waals surface area contributed by atoms with Gasteiger partial charge < -0.3 is 9.88 Å². The molecule has 0 aliphatic rings. The lowest BCUT2D eigenvalue weighted by molar-refractivity contribution is 0.734. The zero-order valence-corrected chi connectivity index (χ0v) is 21.3. The van der Waals surface area contributed by atoms with Crippen molar-refractivity contribution in [1.82, 2.24) is 9.88 Å². The molecule has 1 N–H and O–H groups in total. The third-order valence-electron chi connectivity index (χ3n) is 6.61. The Balaban J connectivity index is 1.64. The maximum Gasteiger partial charge on any atom is 0.109 e. The van der Waals surface area contributed by atoms with E-state index in [1.807, 2.05) is 6.07 Å². The standard InChI is InChI=1S/C33H30N2S/c1-25-31(33(36)34-23-27-16-8-3-9-17-27)32(29-20-12-5-13-21-29)30(22-26-14-6-2-7-15-26)35(25)24-28-18-10-4-11-19-28/h2-21H,22-24H2,1H3,(H,34,36). The van der Waals surface area contributed by atoms with E-state index in [0.717, 1.165) is 23.5 Å². The van der Waals surface area contributed by atoms with Crippen LogP contribution >= 0.6 is 12.2 Å². The Morgan fingerprint density at radius 2 is 1.17 bits per heavy atom. The van der Waals surface area contributed by atoms with Gasteiger partial charge in [0.05, 0.1) is 0 Å². The number of aromatic nitrogens is 1. The monoisotopic (exact) mass is 486 g/mol. The fourth-order valence-electron chi connectivity index (χ4n) is 4.81. The summed E-state index contributed by atoms with van der Waals surface area (Å²) in [6, 6.07) is 42.5. The number of rotatable bonds is 8. The third kappa shape index (κ3) is 5.32. The summed E-state index contributed by atoms with van der Waals surface area (Å²) in [5.74, 6) is 0. The minimum Gasteiger partial charge on any atom is -0.372 e. The molecule has 0 saturated carbocycles. The Morgan fingerprint density at radius 1 is 0.667 bits per heavy atom. The normalized spacial score (nSPS) is 10.8. The first-order valence-corrected chi connectivity index (χ1v) is 12.8.